The number of benzene rings is 2. The van der Waals surface area contributed by atoms with E-state index in [9.17, 15) is 0 Å². The molecule has 102 valence electrons. The zero-order valence-corrected chi connectivity index (χ0v) is 11.3. The average molecular weight is 268 g/mol. The van der Waals surface area contributed by atoms with Crippen molar-refractivity contribution in [3.63, 3.8) is 0 Å². The van der Waals surface area contributed by atoms with Crippen LogP contribution in [0.1, 0.15) is 11.3 Å². The van der Waals surface area contributed by atoms with Gasteiger partial charge in [-0.1, -0.05) is 35.5 Å². The zero-order chi connectivity index (χ0) is 13.8. The molecule has 0 amide bonds. The first kappa shape index (κ1) is 12.7. The lowest BCUT2D eigenvalue weighted by Gasteiger charge is -2.12. The second-order valence-corrected chi connectivity index (χ2v) is 4.55. The number of ether oxygens (including phenoxy) is 1. The number of hydrogen-bond donors (Lipinski definition) is 1. The lowest BCUT2D eigenvalue weighted by molar-refractivity contribution is 0.371. The molecule has 0 saturated heterocycles. The van der Waals surface area contributed by atoms with Gasteiger partial charge in [-0.2, -0.15) is 0 Å². The van der Waals surface area contributed by atoms with Gasteiger partial charge < -0.3 is 14.6 Å². The normalized spacial score (nSPS) is 10.8. The summed E-state index contributed by atoms with van der Waals surface area (Å²) in [6, 6.07) is 14.2. The predicted molar refractivity (Wildman–Crippen MR) is 77.5 cm³/mol. The Kier molecular flexibility index (Phi) is 3.65. The van der Waals surface area contributed by atoms with Crippen LogP contribution in [0.5, 0.6) is 5.75 Å². The number of nitrogens with zero attached hydrogens (tertiary/aromatic N) is 1. The van der Waals surface area contributed by atoms with E-state index in [0.29, 0.717) is 13.1 Å². The lowest BCUT2D eigenvalue weighted by Crippen LogP contribution is -2.13. The van der Waals surface area contributed by atoms with Gasteiger partial charge in [-0.3, -0.25) is 0 Å². The van der Waals surface area contributed by atoms with Gasteiger partial charge in [0.15, 0.2) is 0 Å². The fourth-order valence-electron chi connectivity index (χ4n) is 2.33. The zero-order valence-electron chi connectivity index (χ0n) is 11.3. The monoisotopic (exact) mass is 268 g/mol. The molecule has 0 bridgehead atoms. The number of methoxy groups -OCH3 is 1. The summed E-state index contributed by atoms with van der Waals surface area (Å²) < 4.78 is 10.5. The Bertz CT molecular complexity index is 693. The molecule has 0 aliphatic rings. The van der Waals surface area contributed by atoms with Crippen LogP contribution in [0.2, 0.25) is 0 Å². The molecule has 4 heteroatoms. The second-order valence-electron chi connectivity index (χ2n) is 4.55. The van der Waals surface area contributed by atoms with E-state index in [-0.39, 0.29) is 0 Å². The van der Waals surface area contributed by atoms with Crippen LogP contribution in [0, 0.1) is 0 Å². The van der Waals surface area contributed by atoms with Gasteiger partial charge in [-0.25, -0.2) is 0 Å². The van der Waals surface area contributed by atoms with Gasteiger partial charge >= 0.3 is 0 Å². The summed E-state index contributed by atoms with van der Waals surface area (Å²) in [5.41, 5.74) is 1.16. The number of fused-ring (bicyclic) bond motifs is 1. The van der Waals surface area contributed by atoms with Crippen molar-refractivity contribution >= 4 is 10.8 Å². The maximum Gasteiger partial charge on any atom is 0.150 e. The van der Waals surface area contributed by atoms with Crippen molar-refractivity contribution in [1.29, 1.82) is 0 Å². The topological polar surface area (TPSA) is 47.3 Å². The first-order chi connectivity index (χ1) is 9.88. The predicted octanol–water partition coefficient (Wildman–Crippen LogP) is 3.13. The molecule has 0 saturated carbocycles. The summed E-state index contributed by atoms with van der Waals surface area (Å²) in [5.74, 6) is 1.72. The molecule has 0 aliphatic carbocycles. The molecule has 1 heterocycles. The maximum atomic E-state index is 5.47. The maximum absolute atomic E-state index is 5.47. The Hall–Kier alpha value is -2.33. The fourth-order valence-corrected chi connectivity index (χ4v) is 2.33. The van der Waals surface area contributed by atoms with Gasteiger partial charge in [-0.05, 0) is 16.8 Å². The lowest BCUT2D eigenvalue weighted by atomic mass is 10.0. The van der Waals surface area contributed by atoms with Crippen molar-refractivity contribution in [2.45, 2.75) is 13.1 Å². The summed E-state index contributed by atoms with van der Waals surface area (Å²) in [6.45, 7) is 1.36. The van der Waals surface area contributed by atoms with Crippen LogP contribution in [0.3, 0.4) is 0 Å². The van der Waals surface area contributed by atoms with Crippen molar-refractivity contribution in [2.24, 2.45) is 0 Å². The fraction of sp³-hybridized carbons (Fsp3) is 0.188. The first-order valence-corrected chi connectivity index (χ1v) is 6.53. The third-order valence-electron chi connectivity index (χ3n) is 3.31. The third kappa shape index (κ3) is 2.51. The molecule has 1 aromatic heterocycles. The highest BCUT2D eigenvalue weighted by Crippen LogP contribution is 2.27. The van der Waals surface area contributed by atoms with Crippen LogP contribution in [0.4, 0.5) is 0 Å². The van der Waals surface area contributed by atoms with Crippen LogP contribution in [-0.2, 0) is 13.1 Å². The molecule has 20 heavy (non-hydrogen) atoms. The van der Waals surface area contributed by atoms with Crippen LogP contribution < -0.4 is 10.1 Å². The molecule has 0 aliphatic heterocycles. The standard InChI is InChI=1S/C16H16N2O2/c1-19-16-7-6-12-4-2-3-5-14(12)15(16)11-17-10-13-8-9-18-20-13/h2-9,17H,10-11H2,1H3. The Morgan fingerprint density at radius 2 is 2.00 bits per heavy atom. The van der Waals surface area contributed by atoms with Crippen molar-refractivity contribution in [3.05, 3.63) is 60.0 Å². The number of nitrogens with one attached hydrogen (secondary N) is 1. The highest BCUT2D eigenvalue weighted by Gasteiger charge is 2.08. The number of hydrogen-bond acceptors (Lipinski definition) is 4. The molecule has 4 nitrogen and oxygen atoms in total. The van der Waals surface area contributed by atoms with Gasteiger partial charge in [-0.15, -0.1) is 0 Å². The van der Waals surface area contributed by atoms with Gasteiger partial charge in [0.05, 0.1) is 19.9 Å². The molecule has 1 N–H and O–H groups in total. The minimum Gasteiger partial charge on any atom is -0.496 e. The molecule has 0 unspecified atom stereocenters. The van der Waals surface area contributed by atoms with Crippen molar-refractivity contribution < 1.29 is 9.26 Å². The second kappa shape index (κ2) is 5.75. The van der Waals surface area contributed by atoms with Gasteiger partial charge in [0.2, 0.25) is 0 Å². The third-order valence-corrected chi connectivity index (χ3v) is 3.31. The van der Waals surface area contributed by atoms with E-state index < -0.39 is 0 Å². The largest absolute Gasteiger partial charge is 0.496 e. The summed E-state index contributed by atoms with van der Waals surface area (Å²) in [4.78, 5) is 0. The summed E-state index contributed by atoms with van der Waals surface area (Å²) in [7, 11) is 1.70. The Morgan fingerprint density at radius 1 is 1.10 bits per heavy atom. The molecule has 0 atom stereocenters. The highest BCUT2D eigenvalue weighted by molar-refractivity contribution is 5.87. The van der Waals surface area contributed by atoms with Gasteiger partial charge in [0.1, 0.15) is 11.5 Å². The molecule has 0 spiro atoms. The van der Waals surface area contributed by atoms with Gasteiger partial charge in [0.25, 0.3) is 0 Å². The first-order valence-electron chi connectivity index (χ1n) is 6.53. The van der Waals surface area contributed by atoms with E-state index in [1.165, 1.54) is 10.8 Å². The average Bonchev–Trinajstić information content (AvgIpc) is 3.00. The van der Waals surface area contributed by atoms with E-state index in [1.807, 2.05) is 24.3 Å². The van der Waals surface area contributed by atoms with E-state index >= 15 is 0 Å². The number of rotatable bonds is 5. The molecule has 0 radical (unpaired) electrons. The van der Waals surface area contributed by atoms with Gasteiger partial charge in [0, 0.05) is 18.2 Å². The SMILES string of the molecule is COc1ccc2ccccc2c1CNCc1ccno1. The van der Waals surface area contributed by atoms with E-state index in [4.69, 9.17) is 9.26 Å². The molecular weight excluding hydrogens is 252 g/mol. The summed E-state index contributed by atoms with van der Waals surface area (Å²) in [5, 5.41) is 9.47. The Morgan fingerprint density at radius 3 is 2.80 bits per heavy atom. The van der Waals surface area contributed by atoms with Crippen LogP contribution in [-0.4, -0.2) is 12.3 Å². The van der Waals surface area contributed by atoms with Crippen LogP contribution in [0.25, 0.3) is 10.8 Å². The van der Waals surface area contributed by atoms with Crippen molar-refractivity contribution in [3.8, 4) is 5.75 Å². The highest BCUT2D eigenvalue weighted by atomic mass is 16.5. The van der Waals surface area contributed by atoms with Crippen molar-refractivity contribution in [1.82, 2.24) is 10.5 Å². The minimum atomic E-state index is 0.645. The van der Waals surface area contributed by atoms with Crippen LogP contribution in [0.15, 0.2) is 53.2 Å². The molecule has 3 aromatic rings. The molecular formula is C16H16N2O2. The quantitative estimate of drug-likeness (QED) is 0.772. The molecule has 3 rings (SSSR count). The van der Waals surface area contributed by atoms with E-state index in [2.05, 4.69) is 28.7 Å². The number of aromatic nitrogens is 1. The summed E-state index contributed by atoms with van der Waals surface area (Å²) >= 11 is 0. The Balaban J connectivity index is 1.85. The van der Waals surface area contributed by atoms with E-state index in [0.717, 1.165) is 17.1 Å². The Labute approximate surface area is 117 Å². The summed E-state index contributed by atoms with van der Waals surface area (Å²) in [6.07, 6.45) is 1.65. The smallest absolute Gasteiger partial charge is 0.150 e. The van der Waals surface area contributed by atoms with Crippen molar-refractivity contribution in [2.75, 3.05) is 7.11 Å². The van der Waals surface area contributed by atoms with Crippen LogP contribution >= 0.6 is 0 Å². The van der Waals surface area contributed by atoms with E-state index in [1.54, 1.807) is 13.3 Å². The molecule has 2 aromatic carbocycles. The molecule has 0 fully saturated rings. The minimum absolute atomic E-state index is 0.645.